The summed E-state index contributed by atoms with van der Waals surface area (Å²) in [5.41, 5.74) is 1.36. The summed E-state index contributed by atoms with van der Waals surface area (Å²) in [6.07, 6.45) is 1.46. The fraction of sp³-hybridized carbons (Fsp3) is 0.250. The topological polar surface area (TPSA) is 145 Å². The van der Waals surface area contributed by atoms with Gasteiger partial charge in [-0.05, 0) is 29.7 Å². The molecule has 0 radical (unpaired) electrons. The number of fused-ring (bicyclic) bond motifs is 3. The zero-order valence-electron chi connectivity index (χ0n) is 16.9. The summed E-state index contributed by atoms with van der Waals surface area (Å²) in [5, 5.41) is 14.8. The van der Waals surface area contributed by atoms with Gasteiger partial charge in [0.1, 0.15) is 0 Å². The number of nitrogens with zero attached hydrogens (tertiary/aromatic N) is 3. The molecule has 168 valence electrons. The summed E-state index contributed by atoms with van der Waals surface area (Å²) < 4.78 is 48.4. The second-order valence-electron chi connectivity index (χ2n) is 7.05. The Morgan fingerprint density at radius 3 is 2.81 bits per heavy atom. The number of sulfonamides is 1. The third-order valence-electron chi connectivity index (χ3n) is 4.99. The Morgan fingerprint density at radius 2 is 2.12 bits per heavy atom. The molecule has 0 atom stereocenters. The molecule has 1 amide bonds. The number of aromatic nitrogens is 2. The summed E-state index contributed by atoms with van der Waals surface area (Å²) in [7, 11) is -2.71. The number of anilines is 1. The second kappa shape index (κ2) is 8.30. The Morgan fingerprint density at radius 1 is 1.34 bits per heavy atom. The highest BCUT2D eigenvalue weighted by molar-refractivity contribution is 7.89. The van der Waals surface area contributed by atoms with Crippen LogP contribution in [0.15, 0.2) is 35.4 Å². The third-order valence-corrected chi connectivity index (χ3v) is 6.00. The average Bonchev–Trinajstić information content (AvgIpc) is 2.74. The number of aliphatic hydroxyl groups excluding tert-OH is 1. The molecule has 0 unspecified atom stereocenters. The van der Waals surface area contributed by atoms with Crippen molar-refractivity contribution in [3.63, 3.8) is 0 Å². The number of primary sulfonamides is 1. The number of rotatable bonds is 6. The molecule has 32 heavy (non-hydrogen) atoms. The Kier molecular flexibility index (Phi) is 5.67. The van der Waals surface area contributed by atoms with Crippen LogP contribution in [0, 0.1) is 5.82 Å². The number of nitrogens with two attached hydrogens (primary N) is 1. The van der Waals surface area contributed by atoms with Gasteiger partial charge in [0.15, 0.2) is 23.8 Å². The maximum Gasteiger partial charge on any atom is 0.265 e. The van der Waals surface area contributed by atoms with E-state index in [-0.39, 0.29) is 59.6 Å². The Bertz CT molecular complexity index is 1330. The van der Waals surface area contributed by atoms with E-state index < -0.39 is 15.8 Å². The van der Waals surface area contributed by atoms with Crippen LogP contribution in [0.2, 0.25) is 0 Å². The monoisotopic (exact) mass is 462 g/mol. The molecule has 0 bridgehead atoms. The summed E-state index contributed by atoms with van der Waals surface area (Å²) in [4.78, 5) is 22.2. The highest BCUT2D eigenvalue weighted by Gasteiger charge is 2.29. The predicted molar refractivity (Wildman–Crippen MR) is 111 cm³/mol. The summed E-state index contributed by atoms with van der Waals surface area (Å²) in [6.45, 7) is -0.495. The van der Waals surface area contributed by atoms with Gasteiger partial charge >= 0.3 is 0 Å². The van der Waals surface area contributed by atoms with Crippen LogP contribution in [-0.2, 0) is 27.8 Å². The van der Waals surface area contributed by atoms with Gasteiger partial charge in [-0.25, -0.2) is 22.9 Å². The summed E-state index contributed by atoms with van der Waals surface area (Å²) >= 11 is 0. The maximum atomic E-state index is 14.4. The first kappa shape index (κ1) is 21.9. The number of methoxy groups -OCH3 is 1. The molecule has 0 spiro atoms. The van der Waals surface area contributed by atoms with Crippen LogP contribution in [0.1, 0.15) is 11.1 Å². The highest BCUT2D eigenvalue weighted by Crippen LogP contribution is 2.39. The molecule has 0 fully saturated rings. The minimum absolute atomic E-state index is 0.0330. The van der Waals surface area contributed by atoms with Crippen molar-refractivity contribution in [3.05, 3.63) is 47.4 Å². The van der Waals surface area contributed by atoms with Crippen molar-refractivity contribution in [2.24, 2.45) is 5.14 Å². The minimum atomic E-state index is -3.99. The van der Waals surface area contributed by atoms with Gasteiger partial charge in [0, 0.05) is 6.61 Å². The van der Waals surface area contributed by atoms with Crippen molar-refractivity contribution >= 4 is 32.7 Å². The fourth-order valence-electron chi connectivity index (χ4n) is 3.59. The molecular weight excluding hydrogens is 443 g/mol. The molecule has 1 aromatic carbocycles. The number of carbonyl (C=O) groups excluding carboxylic acids is 1. The molecule has 3 aromatic rings. The van der Waals surface area contributed by atoms with E-state index in [0.29, 0.717) is 16.8 Å². The largest absolute Gasteiger partial charge is 0.480 e. The molecule has 3 heterocycles. The van der Waals surface area contributed by atoms with Crippen LogP contribution in [0.4, 0.5) is 10.1 Å². The molecule has 10 nitrogen and oxygen atoms in total. The molecule has 12 heteroatoms. The van der Waals surface area contributed by atoms with Crippen LogP contribution >= 0.6 is 0 Å². The molecule has 2 aromatic heterocycles. The number of pyridine rings is 2. The Balaban J connectivity index is 1.82. The highest BCUT2D eigenvalue weighted by atomic mass is 32.2. The van der Waals surface area contributed by atoms with Gasteiger partial charge in [-0.2, -0.15) is 4.98 Å². The molecule has 0 saturated heterocycles. The lowest BCUT2D eigenvalue weighted by Gasteiger charge is -2.30. The molecule has 0 aliphatic carbocycles. The number of ether oxygens (including phenoxy) is 2. The summed E-state index contributed by atoms with van der Waals surface area (Å²) in [6, 6.07) is 5.58. The number of benzene rings is 1. The second-order valence-corrected chi connectivity index (χ2v) is 8.58. The number of carbonyl (C=O) groups is 1. The van der Waals surface area contributed by atoms with Gasteiger partial charge in [-0.15, -0.1) is 0 Å². The van der Waals surface area contributed by atoms with Gasteiger partial charge in [0.25, 0.3) is 11.8 Å². The first-order valence-electron chi connectivity index (χ1n) is 9.44. The number of aliphatic hydroxyl groups is 1. The van der Waals surface area contributed by atoms with Crippen LogP contribution in [-0.4, -0.2) is 49.7 Å². The molecular formula is C20H19FN4O6S. The number of halogens is 1. The van der Waals surface area contributed by atoms with Crippen molar-refractivity contribution in [3.8, 4) is 11.6 Å². The van der Waals surface area contributed by atoms with Gasteiger partial charge in [0.2, 0.25) is 10.0 Å². The Labute approximate surface area is 182 Å². The molecule has 4 rings (SSSR count). The minimum Gasteiger partial charge on any atom is -0.480 e. The van der Waals surface area contributed by atoms with Crippen molar-refractivity contribution in [1.82, 2.24) is 9.97 Å². The van der Waals surface area contributed by atoms with Crippen LogP contribution in [0.3, 0.4) is 0 Å². The Hall–Kier alpha value is -3.35. The molecule has 1 aliphatic rings. The van der Waals surface area contributed by atoms with Gasteiger partial charge in [0.05, 0.1) is 35.8 Å². The van der Waals surface area contributed by atoms with Crippen molar-refractivity contribution in [2.45, 2.75) is 17.9 Å². The lowest BCUT2D eigenvalue weighted by atomic mass is 10.1. The first-order valence-corrected chi connectivity index (χ1v) is 11.0. The van der Waals surface area contributed by atoms with E-state index in [0.717, 1.165) is 0 Å². The lowest BCUT2D eigenvalue weighted by molar-refractivity contribution is -0.121. The standard InChI is InChI=1S/C20H19FN4O6S/c1-30-20-14(21)7-13-18-15(8-23-19(13)24-20)31-10-17(27)25(18)9-11-2-3-16(32(22,28)29)12(6-11)4-5-26/h2-3,6-8,26H,4-5,9-10H2,1H3,(H2,22,28,29). The molecule has 1 aliphatic heterocycles. The number of hydrogen-bond acceptors (Lipinski definition) is 8. The summed E-state index contributed by atoms with van der Waals surface area (Å²) in [5.74, 6) is -1.07. The van der Waals surface area contributed by atoms with E-state index in [1.807, 2.05) is 0 Å². The van der Waals surface area contributed by atoms with E-state index in [1.54, 1.807) is 6.07 Å². The van der Waals surface area contributed by atoms with Crippen molar-refractivity contribution < 1.29 is 32.2 Å². The average molecular weight is 462 g/mol. The lowest BCUT2D eigenvalue weighted by Crippen LogP contribution is -2.38. The number of hydrogen-bond donors (Lipinski definition) is 2. The van der Waals surface area contributed by atoms with Gasteiger partial charge in [-0.3, -0.25) is 4.79 Å². The SMILES string of the molecule is COc1nc2ncc3c(c2cc1F)N(Cc1ccc(S(N)(=O)=O)c(CCO)c1)C(=O)CO3. The number of amides is 1. The van der Waals surface area contributed by atoms with Crippen LogP contribution in [0.25, 0.3) is 11.0 Å². The molecule has 3 N–H and O–H groups in total. The fourth-order valence-corrected chi connectivity index (χ4v) is 4.38. The van der Waals surface area contributed by atoms with E-state index in [4.69, 9.17) is 14.6 Å². The van der Waals surface area contributed by atoms with Gasteiger partial charge < -0.3 is 19.5 Å². The van der Waals surface area contributed by atoms with Crippen LogP contribution in [0.5, 0.6) is 11.6 Å². The van der Waals surface area contributed by atoms with Crippen molar-refractivity contribution in [1.29, 1.82) is 0 Å². The van der Waals surface area contributed by atoms with Crippen LogP contribution < -0.4 is 19.5 Å². The quantitative estimate of drug-likeness (QED) is 0.549. The van der Waals surface area contributed by atoms with Crippen molar-refractivity contribution in [2.75, 3.05) is 25.2 Å². The zero-order chi connectivity index (χ0) is 23.0. The first-order chi connectivity index (χ1) is 15.2. The van der Waals surface area contributed by atoms with E-state index in [9.17, 15) is 22.7 Å². The third kappa shape index (κ3) is 3.95. The normalized spacial score (nSPS) is 13.8. The zero-order valence-corrected chi connectivity index (χ0v) is 17.7. The van der Waals surface area contributed by atoms with E-state index in [2.05, 4.69) is 9.97 Å². The van der Waals surface area contributed by atoms with E-state index in [1.165, 1.54) is 36.4 Å². The predicted octanol–water partition coefficient (Wildman–Crippen LogP) is 0.885. The smallest absolute Gasteiger partial charge is 0.265 e. The maximum absolute atomic E-state index is 14.4. The van der Waals surface area contributed by atoms with Gasteiger partial charge in [-0.1, -0.05) is 12.1 Å². The van der Waals surface area contributed by atoms with E-state index >= 15 is 0 Å². The molecule has 0 saturated carbocycles.